The summed E-state index contributed by atoms with van der Waals surface area (Å²) in [4.78, 5) is 22.5. The number of amides is 1. The molecule has 6 nitrogen and oxygen atoms in total. The molecule has 0 spiro atoms. The highest BCUT2D eigenvalue weighted by molar-refractivity contribution is 8.02. The smallest absolute Gasteiger partial charge is 0.335 e. The third kappa shape index (κ3) is 5.03. The number of hydrogen-bond acceptors (Lipinski definition) is 5. The highest BCUT2D eigenvalue weighted by Gasteiger charge is 2.28. The van der Waals surface area contributed by atoms with E-state index in [2.05, 4.69) is 5.32 Å². The standard InChI is InChI=1S/C14H17NO5S2/c16-13(8-21-12-5-6-22(19,20)9-12)15-7-10-1-3-11(4-2-10)14(17)18/h1-4,12H,5-9H2,(H,15,16)(H,17,18). The van der Waals surface area contributed by atoms with E-state index in [-0.39, 0.29) is 34.0 Å². The van der Waals surface area contributed by atoms with Crippen LogP contribution in [0, 0.1) is 0 Å². The fourth-order valence-electron chi connectivity index (χ4n) is 2.10. The van der Waals surface area contributed by atoms with Gasteiger partial charge in [0.2, 0.25) is 5.91 Å². The van der Waals surface area contributed by atoms with Crippen molar-refractivity contribution in [3.8, 4) is 0 Å². The second kappa shape index (κ2) is 7.15. The molecular formula is C14H17NO5S2. The van der Waals surface area contributed by atoms with E-state index in [1.54, 1.807) is 12.1 Å². The summed E-state index contributed by atoms with van der Waals surface area (Å²) >= 11 is 1.37. The molecule has 0 aliphatic carbocycles. The Balaban J connectivity index is 1.72. The summed E-state index contributed by atoms with van der Waals surface area (Å²) in [5, 5.41) is 11.5. The number of carbonyl (C=O) groups is 2. The lowest BCUT2D eigenvalue weighted by atomic mass is 10.1. The third-order valence-corrected chi connectivity index (χ3v) is 6.61. The van der Waals surface area contributed by atoms with Crippen LogP contribution in [0.1, 0.15) is 22.3 Å². The van der Waals surface area contributed by atoms with Crippen LogP contribution in [0.2, 0.25) is 0 Å². The minimum atomic E-state index is -2.91. The fraction of sp³-hybridized carbons (Fsp3) is 0.429. The van der Waals surface area contributed by atoms with Crippen molar-refractivity contribution in [1.82, 2.24) is 5.32 Å². The van der Waals surface area contributed by atoms with E-state index in [1.165, 1.54) is 23.9 Å². The Morgan fingerprint density at radius 3 is 2.50 bits per heavy atom. The Kier molecular flexibility index (Phi) is 5.47. The summed E-state index contributed by atoms with van der Waals surface area (Å²) in [7, 11) is -2.91. The van der Waals surface area contributed by atoms with Crippen LogP contribution < -0.4 is 5.32 Å². The summed E-state index contributed by atoms with van der Waals surface area (Å²) in [5.74, 6) is -0.549. The van der Waals surface area contributed by atoms with Gasteiger partial charge in [-0.3, -0.25) is 4.79 Å². The van der Waals surface area contributed by atoms with E-state index in [0.29, 0.717) is 13.0 Å². The van der Waals surface area contributed by atoms with Crippen molar-refractivity contribution in [3.05, 3.63) is 35.4 Å². The van der Waals surface area contributed by atoms with Crippen molar-refractivity contribution in [2.24, 2.45) is 0 Å². The maximum absolute atomic E-state index is 11.7. The largest absolute Gasteiger partial charge is 0.478 e. The Bertz CT molecular complexity index is 654. The molecule has 1 fully saturated rings. The van der Waals surface area contributed by atoms with Gasteiger partial charge in [0, 0.05) is 11.8 Å². The Hall–Kier alpha value is -1.54. The van der Waals surface area contributed by atoms with E-state index in [4.69, 9.17) is 5.11 Å². The topological polar surface area (TPSA) is 101 Å². The number of benzene rings is 1. The molecule has 1 aromatic rings. The minimum Gasteiger partial charge on any atom is -0.478 e. The number of aromatic carboxylic acids is 1. The Labute approximate surface area is 133 Å². The molecule has 1 amide bonds. The molecule has 0 radical (unpaired) electrons. The highest BCUT2D eigenvalue weighted by atomic mass is 32.2. The molecule has 22 heavy (non-hydrogen) atoms. The zero-order valence-electron chi connectivity index (χ0n) is 11.8. The van der Waals surface area contributed by atoms with E-state index in [0.717, 1.165) is 5.56 Å². The second-order valence-electron chi connectivity index (χ2n) is 5.11. The van der Waals surface area contributed by atoms with Gasteiger partial charge in [-0.1, -0.05) is 12.1 Å². The van der Waals surface area contributed by atoms with Crippen LogP contribution in [-0.2, 0) is 21.2 Å². The van der Waals surface area contributed by atoms with E-state index in [1.807, 2.05) is 0 Å². The Morgan fingerprint density at radius 1 is 1.27 bits per heavy atom. The van der Waals surface area contributed by atoms with E-state index in [9.17, 15) is 18.0 Å². The van der Waals surface area contributed by atoms with Crippen molar-refractivity contribution in [2.45, 2.75) is 18.2 Å². The quantitative estimate of drug-likeness (QED) is 0.797. The number of sulfone groups is 1. The molecule has 0 bridgehead atoms. The number of nitrogens with one attached hydrogen (secondary N) is 1. The molecule has 8 heteroatoms. The molecule has 0 saturated carbocycles. The van der Waals surface area contributed by atoms with Gasteiger partial charge in [0.25, 0.3) is 0 Å². The number of carboxylic acids is 1. The van der Waals surface area contributed by atoms with Crippen LogP contribution >= 0.6 is 11.8 Å². The fourth-order valence-corrected chi connectivity index (χ4v) is 5.58. The second-order valence-corrected chi connectivity index (χ2v) is 8.63. The van der Waals surface area contributed by atoms with Crippen LogP contribution in [-0.4, -0.2) is 47.9 Å². The number of carbonyl (C=O) groups excluding carboxylic acids is 1. The monoisotopic (exact) mass is 343 g/mol. The predicted octanol–water partition coefficient (Wildman–Crippen LogP) is 0.921. The number of carboxylic acid groups (broad SMARTS) is 1. The molecule has 0 aromatic heterocycles. The molecule has 1 aliphatic heterocycles. The first-order chi connectivity index (χ1) is 10.4. The summed E-state index contributed by atoms with van der Waals surface area (Å²) in [6.07, 6.45) is 0.608. The van der Waals surface area contributed by atoms with Gasteiger partial charge in [0.15, 0.2) is 9.84 Å². The average Bonchev–Trinajstić information content (AvgIpc) is 2.82. The molecule has 120 valence electrons. The van der Waals surface area contributed by atoms with Crippen molar-refractivity contribution < 1.29 is 23.1 Å². The van der Waals surface area contributed by atoms with Gasteiger partial charge in [0.1, 0.15) is 0 Å². The van der Waals surface area contributed by atoms with Crippen LogP contribution in [0.5, 0.6) is 0 Å². The van der Waals surface area contributed by atoms with Gasteiger partial charge < -0.3 is 10.4 Å². The summed E-state index contributed by atoms with van der Waals surface area (Å²) < 4.78 is 22.6. The molecule has 1 unspecified atom stereocenters. The first-order valence-electron chi connectivity index (χ1n) is 6.77. The van der Waals surface area contributed by atoms with Crippen molar-refractivity contribution in [1.29, 1.82) is 0 Å². The number of thioether (sulfide) groups is 1. The summed E-state index contributed by atoms with van der Waals surface area (Å²) in [6.45, 7) is 0.322. The molecule has 1 aliphatic rings. The zero-order valence-corrected chi connectivity index (χ0v) is 13.5. The molecule has 1 atom stereocenters. The van der Waals surface area contributed by atoms with Crippen LogP contribution in [0.25, 0.3) is 0 Å². The lowest BCUT2D eigenvalue weighted by Crippen LogP contribution is -2.25. The molecular weight excluding hydrogens is 326 g/mol. The van der Waals surface area contributed by atoms with Gasteiger partial charge >= 0.3 is 5.97 Å². The maximum atomic E-state index is 11.7. The molecule has 1 heterocycles. The van der Waals surface area contributed by atoms with Crippen LogP contribution in [0.3, 0.4) is 0 Å². The lowest BCUT2D eigenvalue weighted by Gasteiger charge is -2.08. The first kappa shape index (κ1) is 16.8. The number of hydrogen-bond donors (Lipinski definition) is 2. The van der Waals surface area contributed by atoms with Gasteiger partial charge in [-0.25, -0.2) is 13.2 Å². The summed E-state index contributed by atoms with van der Waals surface area (Å²) in [6, 6.07) is 6.28. The summed E-state index contributed by atoms with van der Waals surface area (Å²) in [5.41, 5.74) is 1.01. The first-order valence-corrected chi connectivity index (χ1v) is 9.64. The molecule has 1 aromatic carbocycles. The molecule has 2 N–H and O–H groups in total. The van der Waals surface area contributed by atoms with Crippen molar-refractivity contribution in [2.75, 3.05) is 17.3 Å². The van der Waals surface area contributed by atoms with Crippen molar-refractivity contribution in [3.63, 3.8) is 0 Å². The van der Waals surface area contributed by atoms with Crippen LogP contribution in [0.15, 0.2) is 24.3 Å². The normalized spacial score (nSPS) is 19.7. The Morgan fingerprint density at radius 2 is 1.95 bits per heavy atom. The molecule has 1 saturated heterocycles. The van der Waals surface area contributed by atoms with Crippen LogP contribution in [0.4, 0.5) is 0 Å². The zero-order chi connectivity index (χ0) is 16.2. The van der Waals surface area contributed by atoms with Gasteiger partial charge in [-0.05, 0) is 24.1 Å². The minimum absolute atomic E-state index is 0.00519. The lowest BCUT2D eigenvalue weighted by molar-refractivity contribution is -0.118. The van der Waals surface area contributed by atoms with Gasteiger partial charge in [-0.15, -0.1) is 11.8 Å². The predicted molar refractivity (Wildman–Crippen MR) is 84.8 cm³/mol. The van der Waals surface area contributed by atoms with Gasteiger partial charge in [-0.2, -0.15) is 0 Å². The third-order valence-electron chi connectivity index (χ3n) is 3.33. The SMILES string of the molecule is O=C(CSC1CCS(=O)(=O)C1)NCc1ccc(C(=O)O)cc1. The average molecular weight is 343 g/mol. The van der Waals surface area contributed by atoms with Gasteiger partial charge in [0.05, 0.1) is 22.8 Å². The van der Waals surface area contributed by atoms with E-state index < -0.39 is 15.8 Å². The van der Waals surface area contributed by atoms with Crippen molar-refractivity contribution >= 4 is 33.5 Å². The maximum Gasteiger partial charge on any atom is 0.335 e. The number of rotatable bonds is 6. The molecule has 2 rings (SSSR count). The highest BCUT2D eigenvalue weighted by Crippen LogP contribution is 2.23. The van der Waals surface area contributed by atoms with E-state index >= 15 is 0 Å².